The Morgan fingerprint density at radius 1 is 1.50 bits per heavy atom. The highest BCUT2D eigenvalue weighted by Crippen LogP contribution is 2.37. The summed E-state index contributed by atoms with van der Waals surface area (Å²) in [4.78, 5) is 24.4. The Hall–Kier alpha value is -1.93. The number of hydrogen-bond donors (Lipinski definition) is 2. The highest BCUT2D eigenvalue weighted by atomic mass is 32.1. The Morgan fingerprint density at radius 2 is 2.29 bits per heavy atom. The molecule has 0 bridgehead atoms. The number of hydrogen-bond acceptors (Lipinski definition) is 7. The summed E-state index contributed by atoms with van der Waals surface area (Å²) >= 11 is 1.58. The number of aliphatic hydroxyl groups is 1. The van der Waals surface area contributed by atoms with E-state index in [9.17, 15) is 9.90 Å². The van der Waals surface area contributed by atoms with E-state index in [4.69, 9.17) is 4.74 Å². The van der Waals surface area contributed by atoms with Gasteiger partial charge in [0.1, 0.15) is 17.0 Å². The fourth-order valence-corrected chi connectivity index (χ4v) is 3.96. The summed E-state index contributed by atoms with van der Waals surface area (Å²) in [7, 11) is 0. The maximum Gasteiger partial charge on any atom is 0.410 e. The molecule has 130 valence electrons. The second kappa shape index (κ2) is 6.52. The van der Waals surface area contributed by atoms with E-state index in [2.05, 4.69) is 15.3 Å². The van der Waals surface area contributed by atoms with Gasteiger partial charge in [-0.2, -0.15) is 0 Å². The standard InChI is InChI=1S/C16H22N4O3S/c1-4-23-15(22)20-6-5-10-11(7-20)24-14-12(10)13(17-9-18-14)19-16(2,3)8-21/h9,21H,4-8H2,1-3H3,(H,17,18,19). The summed E-state index contributed by atoms with van der Waals surface area (Å²) < 4.78 is 5.10. The van der Waals surface area contributed by atoms with Gasteiger partial charge in [-0.25, -0.2) is 14.8 Å². The van der Waals surface area contributed by atoms with Crippen LogP contribution in [-0.4, -0.2) is 51.4 Å². The van der Waals surface area contributed by atoms with Crippen LogP contribution in [0.5, 0.6) is 0 Å². The van der Waals surface area contributed by atoms with Crippen molar-refractivity contribution in [3.63, 3.8) is 0 Å². The van der Waals surface area contributed by atoms with Crippen molar-refractivity contribution in [1.82, 2.24) is 14.9 Å². The third kappa shape index (κ3) is 3.16. The zero-order chi connectivity index (χ0) is 17.3. The quantitative estimate of drug-likeness (QED) is 0.880. The smallest absolute Gasteiger partial charge is 0.410 e. The third-order valence-electron chi connectivity index (χ3n) is 4.02. The van der Waals surface area contributed by atoms with Crippen molar-refractivity contribution in [3.05, 3.63) is 16.8 Å². The molecule has 8 heteroatoms. The summed E-state index contributed by atoms with van der Waals surface area (Å²) in [6.07, 6.45) is 2.00. The topological polar surface area (TPSA) is 87.6 Å². The van der Waals surface area contributed by atoms with Crippen molar-refractivity contribution in [2.24, 2.45) is 0 Å². The first-order chi connectivity index (χ1) is 11.4. The molecule has 0 unspecified atom stereocenters. The molecule has 1 amide bonds. The molecule has 0 aliphatic carbocycles. The number of rotatable bonds is 4. The number of thiophene rings is 1. The molecule has 3 rings (SSSR count). The molecular formula is C16H22N4O3S. The first kappa shape index (κ1) is 16.9. The molecule has 0 radical (unpaired) electrons. The molecule has 0 aromatic carbocycles. The average molecular weight is 350 g/mol. The fourth-order valence-electron chi connectivity index (χ4n) is 2.75. The normalized spacial score (nSPS) is 14.6. The summed E-state index contributed by atoms with van der Waals surface area (Å²) in [5.41, 5.74) is 0.717. The Labute approximate surface area is 144 Å². The van der Waals surface area contributed by atoms with Crippen LogP contribution in [0.25, 0.3) is 10.2 Å². The van der Waals surface area contributed by atoms with Gasteiger partial charge in [0.2, 0.25) is 0 Å². The predicted molar refractivity (Wildman–Crippen MR) is 93.3 cm³/mol. The minimum absolute atomic E-state index is 0.00145. The number of amides is 1. The van der Waals surface area contributed by atoms with E-state index in [-0.39, 0.29) is 12.7 Å². The number of nitrogens with zero attached hydrogens (tertiary/aromatic N) is 3. The Bertz CT molecular complexity index is 759. The van der Waals surface area contributed by atoms with E-state index in [0.29, 0.717) is 19.7 Å². The molecule has 3 heterocycles. The summed E-state index contributed by atoms with van der Waals surface area (Å²) in [6.45, 7) is 7.19. The minimum Gasteiger partial charge on any atom is -0.450 e. The summed E-state index contributed by atoms with van der Waals surface area (Å²) in [6, 6.07) is 0. The van der Waals surface area contributed by atoms with Crippen LogP contribution in [0.3, 0.4) is 0 Å². The van der Waals surface area contributed by atoms with Crippen molar-refractivity contribution in [1.29, 1.82) is 0 Å². The molecule has 2 N–H and O–H groups in total. The highest BCUT2D eigenvalue weighted by molar-refractivity contribution is 7.19. The molecule has 7 nitrogen and oxygen atoms in total. The van der Waals surface area contributed by atoms with Crippen LogP contribution in [0.1, 0.15) is 31.2 Å². The first-order valence-corrected chi connectivity index (χ1v) is 8.83. The number of ether oxygens (including phenoxy) is 1. The van der Waals surface area contributed by atoms with Crippen molar-refractivity contribution < 1.29 is 14.6 Å². The van der Waals surface area contributed by atoms with E-state index in [0.717, 1.165) is 27.3 Å². The second-order valence-electron chi connectivity index (χ2n) is 6.44. The van der Waals surface area contributed by atoms with Crippen LogP contribution in [0.2, 0.25) is 0 Å². The molecule has 0 atom stereocenters. The predicted octanol–water partition coefficient (Wildman–Crippen LogP) is 2.39. The number of aromatic nitrogens is 2. The van der Waals surface area contributed by atoms with Crippen LogP contribution in [0.4, 0.5) is 10.6 Å². The Morgan fingerprint density at radius 3 is 3.00 bits per heavy atom. The van der Waals surface area contributed by atoms with Crippen LogP contribution in [0, 0.1) is 0 Å². The molecule has 0 spiro atoms. The van der Waals surface area contributed by atoms with E-state index < -0.39 is 5.54 Å². The lowest BCUT2D eigenvalue weighted by atomic mass is 10.0. The first-order valence-electron chi connectivity index (χ1n) is 8.01. The molecular weight excluding hydrogens is 328 g/mol. The molecule has 24 heavy (non-hydrogen) atoms. The van der Waals surface area contributed by atoms with Crippen LogP contribution in [-0.2, 0) is 17.7 Å². The van der Waals surface area contributed by atoms with Gasteiger partial charge in [-0.05, 0) is 32.8 Å². The largest absolute Gasteiger partial charge is 0.450 e. The van der Waals surface area contributed by atoms with Crippen LogP contribution in [0.15, 0.2) is 6.33 Å². The van der Waals surface area contributed by atoms with Crippen molar-refractivity contribution in [3.8, 4) is 0 Å². The van der Waals surface area contributed by atoms with Gasteiger partial charge in [-0.3, -0.25) is 0 Å². The average Bonchev–Trinajstić information content (AvgIpc) is 2.93. The van der Waals surface area contributed by atoms with Crippen molar-refractivity contribution >= 4 is 33.5 Å². The number of fused-ring (bicyclic) bond motifs is 3. The maximum absolute atomic E-state index is 12.0. The Balaban J connectivity index is 1.95. The van der Waals surface area contributed by atoms with Crippen LogP contribution >= 0.6 is 11.3 Å². The molecule has 0 fully saturated rings. The van der Waals surface area contributed by atoms with Gasteiger partial charge in [0.25, 0.3) is 0 Å². The molecule has 2 aromatic rings. The second-order valence-corrected chi connectivity index (χ2v) is 7.53. The zero-order valence-corrected chi connectivity index (χ0v) is 14.9. The molecule has 0 saturated heterocycles. The number of aliphatic hydroxyl groups excluding tert-OH is 1. The third-order valence-corrected chi connectivity index (χ3v) is 5.14. The summed E-state index contributed by atoms with van der Waals surface area (Å²) in [5.74, 6) is 0.737. The van der Waals surface area contributed by atoms with Crippen molar-refractivity contribution in [2.75, 3.05) is 25.1 Å². The minimum atomic E-state index is -0.470. The van der Waals surface area contributed by atoms with E-state index in [1.807, 2.05) is 20.8 Å². The van der Waals surface area contributed by atoms with Gasteiger partial charge in [0, 0.05) is 11.4 Å². The summed E-state index contributed by atoms with van der Waals surface area (Å²) in [5, 5.41) is 13.8. The lowest BCUT2D eigenvalue weighted by Gasteiger charge is -2.27. The van der Waals surface area contributed by atoms with Crippen LogP contribution < -0.4 is 5.32 Å². The Kier molecular flexibility index (Phi) is 4.60. The molecule has 0 saturated carbocycles. The lowest BCUT2D eigenvalue weighted by Crippen LogP contribution is -2.36. The number of carbonyl (C=O) groups is 1. The van der Waals surface area contributed by atoms with Gasteiger partial charge < -0.3 is 20.1 Å². The van der Waals surface area contributed by atoms with Gasteiger partial charge in [-0.1, -0.05) is 0 Å². The molecule has 2 aromatic heterocycles. The maximum atomic E-state index is 12.0. The van der Waals surface area contributed by atoms with E-state index in [1.54, 1.807) is 16.2 Å². The van der Waals surface area contributed by atoms with E-state index >= 15 is 0 Å². The zero-order valence-electron chi connectivity index (χ0n) is 14.1. The lowest BCUT2D eigenvalue weighted by molar-refractivity contribution is 0.103. The van der Waals surface area contributed by atoms with Gasteiger partial charge >= 0.3 is 6.09 Å². The van der Waals surface area contributed by atoms with E-state index in [1.165, 1.54) is 11.9 Å². The molecule has 1 aliphatic rings. The number of anilines is 1. The SMILES string of the molecule is CCOC(=O)N1CCc2c(sc3ncnc(NC(C)(C)CO)c23)C1. The fraction of sp³-hybridized carbons (Fsp3) is 0.562. The van der Waals surface area contributed by atoms with Crippen molar-refractivity contribution in [2.45, 2.75) is 39.3 Å². The molecule has 1 aliphatic heterocycles. The van der Waals surface area contributed by atoms with Gasteiger partial charge in [0.15, 0.2) is 0 Å². The number of nitrogens with one attached hydrogen (secondary N) is 1. The van der Waals surface area contributed by atoms with Gasteiger partial charge in [-0.15, -0.1) is 11.3 Å². The van der Waals surface area contributed by atoms with Gasteiger partial charge in [0.05, 0.1) is 30.7 Å². The monoisotopic (exact) mass is 350 g/mol. The number of carbonyl (C=O) groups excluding carboxylic acids is 1. The highest BCUT2D eigenvalue weighted by Gasteiger charge is 2.28.